The molecular formula is C21H22N2O3. The van der Waals surface area contributed by atoms with E-state index < -0.39 is 5.97 Å². The molecule has 2 aromatic carbocycles. The molecule has 0 fully saturated rings. The number of hydrogen-bond acceptors (Lipinski definition) is 3. The fraction of sp³-hybridized carbons (Fsp3) is 0.286. The molecule has 134 valence electrons. The summed E-state index contributed by atoms with van der Waals surface area (Å²) >= 11 is 0. The van der Waals surface area contributed by atoms with Gasteiger partial charge in [0, 0.05) is 12.8 Å². The van der Waals surface area contributed by atoms with Crippen LogP contribution in [0.5, 0.6) is 0 Å². The van der Waals surface area contributed by atoms with Crippen LogP contribution in [0.1, 0.15) is 47.6 Å². The van der Waals surface area contributed by atoms with Crippen LogP contribution >= 0.6 is 0 Å². The van der Waals surface area contributed by atoms with Gasteiger partial charge in [-0.1, -0.05) is 59.7 Å². The number of nitrogens with zero attached hydrogens (tertiary/aromatic N) is 2. The molecule has 26 heavy (non-hydrogen) atoms. The maximum absolute atomic E-state index is 12.6. The summed E-state index contributed by atoms with van der Waals surface area (Å²) in [6.45, 7) is 4.04. The SMILES string of the molecule is Cc1ccc(C2=NN(C(=O)CCC(=O)O)C(c3ccc(C)cc3)C2)cc1. The summed E-state index contributed by atoms with van der Waals surface area (Å²) in [6, 6.07) is 15.9. The molecule has 0 spiro atoms. The fourth-order valence-electron chi connectivity index (χ4n) is 3.04. The fourth-order valence-corrected chi connectivity index (χ4v) is 3.04. The average molecular weight is 350 g/mol. The maximum atomic E-state index is 12.6. The zero-order valence-electron chi connectivity index (χ0n) is 15.0. The van der Waals surface area contributed by atoms with Crippen LogP contribution < -0.4 is 0 Å². The topological polar surface area (TPSA) is 70.0 Å². The van der Waals surface area contributed by atoms with Crippen molar-refractivity contribution < 1.29 is 14.7 Å². The second kappa shape index (κ2) is 7.52. The monoisotopic (exact) mass is 350 g/mol. The quantitative estimate of drug-likeness (QED) is 0.890. The number of benzene rings is 2. The van der Waals surface area contributed by atoms with Crippen LogP contribution in [0.3, 0.4) is 0 Å². The Balaban J connectivity index is 1.89. The molecule has 0 aromatic heterocycles. The van der Waals surface area contributed by atoms with E-state index in [1.54, 1.807) is 0 Å². The van der Waals surface area contributed by atoms with Gasteiger partial charge in [0.2, 0.25) is 5.91 Å². The molecule has 5 heteroatoms. The second-order valence-electron chi connectivity index (χ2n) is 6.68. The molecule has 0 saturated heterocycles. The molecule has 0 bridgehead atoms. The normalized spacial score (nSPS) is 16.5. The average Bonchev–Trinajstić information content (AvgIpc) is 3.06. The predicted molar refractivity (Wildman–Crippen MR) is 100.0 cm³/mol. The third-order valence-corrected chi connectivity index (χ3v) is 4.57. The summed E-state index contributed by atoms with van der Waals surface area (Å²) in [5.41, 5.74) is 5.15. The first-order valence-corrected chi connectivity index (χ1v) is 8.69. The third kappa shape index (κ3) is 3.99. The minimum atomic E-state index is -0.979. The number of aryl methyl sites for hydroxylation is 2. The van der Waals surface area contributed by atoms with Crippen LogP contribution in [0.25, 0.3) is 0 Å². The van der Waals surface area contributed by atoms with E-state index in [1.807, 2.05) is 62.4 Å². The van der Waals surface area contributed by atoms with Crippen molar-refractivity contribution in [1.82, 2.24) is 5.01 Å². The Kier molecular flexibility index (Phi) is 5.16. The Morgan fingerprint density at radius 3 is 2.15 bits per heavy atom. The molecule has 1 aliphatic heterocycles. The van der Waals surface area contributed by atoms with E-state index in [9.17, 15) is 9.59 Å². The van der Waals surface area contributed by atoms with Gasteiger partial charge in [-0.3, -0.25) is 9.59 Å². The molecule has 5 nitrogen and oxygen atoms in total. The molecule has 1 heterocycles. The molecule has 0 saturated carbocycles. The second-order valence-corrected chi connectivity index (χ2v) is 6.68. The maximum Gasteiger partial charge on any atom is 0.303 e. The van der Waals surface area contributed by atoms with Crippen molar-refractivity contribution in [2.24, 2.45) is 5.10 Å². The summed E-state index contributed by atoms with van der Waals surface area (Å²) < 4.78 is 0. The lowest BCUT2D eigenvalue weighted by Gasteiger charge is -2.22. The molecule has 1 amide bonds. The molecule has 1 aliphatic rings. The van der Waals surface area contributed by atoms with E-state index in [-0.39, 0.29) is 24.8 Å². The molecule has 1 N–H and O–H groups in total. The summed E-state index contributed by atoms with van der Waals surface area (Å²) in [6.07, 6.45) is 0.374. The van der Waals surface area contributed by atoms with Crippen LogP contribution in [-0.4, -0.2) is 27.7 Å². The van der Waals surface area contributed by atoms with Crippen molar-refractivity contribution >= 4 is 17.6 Å². The number of aliphatic carboxylic acids is 1. The zero-order valence-corrected chi connectivity index (χ0v) is 15.0. The molecule has 0 radical (unpaired) electrons. The number of hydrazone groups is 1. The van der Waals surface area contributed by atoms with Gasteiger partial charge in [0.15, 0.2) is 0 Å². The molecule has 3 rings (SSSR count). The summed E-state index contributed by atoms with van der Waals surface area (Å²) in [5.74, 6) is -1.24. The minimum Gasteiger partial charge on any atom is -0.481 e. The number of carboxylic acids is 1. The van der Waals surface area contributed by atoms with Gasteiger partial charge in [0.1, 0.15) is 0 Å². The van der Waals surface area contributed by atoms with Crippen LogP contribution in [0.2, 0.25) is 0 Å². The largest absolute Gasteiger partial charge is 0.481 e. The van der Waals surface area contributed by atoms with E-state index >= 15 is 0 Å². The van der Waals surface area contributed by atoms with Crippen LogP contribution in [0.4, 0.5) is 0 Å². The Labute approximate surface area is 153 Å². The van der Waals surface area contributed by atoms with E-state index in [0.29, 0.717) is 6.42 Å². The van der Waals surface area contributed by atoms with Gasteiger partial charge in [-0.05, 0) is 25.0 Å². The van der Waals surface area contributed by atoms with Crippen LogP contribution in [-0.2, 0) is 9.59 Å². The Morgan fingerprint density at radius 2 is 1.58 bits per heavy atom. The number of carbonyl (C=O) groups is 2. The lowest BCUT2D eigenvalue weighted by atomic mass is 9.97. The first-order valence-electron chi connectivity index (χ1n) is 8.69. The standard InChI is InChI=1S/C21H22N2O3/c1-14-3-7-16(8-4-14)18-13-19(17-9-5-15(2)6-10-17)23(22-18)20(24)11-12-21(25)26/h3-10,19H,11-13H2,1-2H3,(H,25,26). The molecule has 1 unspecified atom stereocenters. The van der Waals surface area contributed by atoms with Crippen molar-refractivity contribution in [3.8, 4) is 0 Å². The Bertz CT molecular complexity index is 839. The van der Waals surface area contributed by atoms with Gasteiger partial charge in [0.05, 0.1) is 18.2 Å². The number of amides is 1. The van der Waals surface area contributed by atoms with Crippen LogP contribution in [0, 0.1) is 13.8 Å². The van der Waals surface area contributed by atoms with Crippen molar-refractivity contribution in [3.63, 3.8) is 0 Å². The van der Waals surface area contributed by atoms with E-state index in [1.165, 1.54) is 5.01 Å². The van der Waals surface area contributed by atoms with Gasteiger partial charge in [0.25, 0.3) is 0 Å². The summed E-state index contributed by atoms with van der Waals surface area (Å²) in [4.78, 5) is 23.4. The summed E-state index contributed by atoms with van der Waals surface area (Å²) in [7, 11) is 0. The number of rotatable bonds is 5. The van der Waals surface area contributed by atoms with E-state index in [0.717, 1.165) is 28.0 Å². The first-order chi connectivity index (χ1) is 12.4. The highest BCUT2D eigenvalue weighted by Gasteiger charge is 2.32. The van der Waals surface area contributed by atoms with E-state index in [2.05, 4.69) is 5.10 Å². The van der Waals surface area contributed by atoms with Crippen molar-refractivity contribution in [1.29, 1.82) is 0 Å². The Morgan fingerprint density at radius 1 is 1.00 bits per heavy atom. The summed E-state index contributed by atoms with van der Waals surface area (Å²) in [5, 5.41) is 14.9. The van der Waals surface area contributed by atoms with Crippen LogP contribution in [0.15, 0.2) is 53.6 Å². The van der Waals surface area contributed by atoms with Crippen molar-refractivity contribution in [3.05, 3.63) is 70.8 Å². The van der Waals surface area contributed by atoms with Gasteiger partial charge in [-0.15, -0.1) is 0 Å². The first kappa shape index (κ1) is 17.9. The molecule has 0 aliphatic carbocycles. The molecule has 2 aromatic rings. The third-order valence-electron chi connectivity index (χ3n) is 4.57. The highest BCUT2D eigenvalue weighted by molar-refractivity contribution is 6.03. The number of hydrogen-bond donors (Lipinski definition) is 1. The van der Waals surface area contributed by atoms with Gasteiger partial charge in [-0.2, -0.15) is 5.10 Å². The number of carbonyl (C=O) groups excluding carboxylic acids is 1. The lowest BCUT2D eigenvalue weighted by molar-refractivity contribution is -0.141. The lowest BCUT2D eigenvalue weighted by Crippen LogP contribution is -2.27. The van der Waals surface area contributed by atoms with E-state index in [4.69, 9.17) is 5.11 Å². The number of carboxylic acid groups (broad SMARTS) is 1. The van der Waals surface area contributed by atoms with Gasteiger partial charge < -0.3 is 5.11 Å². The predicted octanol–water partition coefficient (Wildman–Crippen LogP) is 3.85. The van der Waals surface area contributed by atoms with Gasteiger partial charge >= 0.3 is 5.97 Å². The van der Waals surface area contributed by atoms with Crippen molar-refractivity contribution in [2.75, 3.05) is 0 Å². The molecular weight excluding hydrogens is 328 g/mol. The zero-order chi connectivity index (χ0) is 18.7. The van der Waals surface area contributed by atoms with Crippen molar-refractivity contribution in [2.45, 2.75) is 39.2 Å². The van der Waals surface area contributed by atoms with Gasteiger partial charge in [-0.25, -0.2) is 5.01 Å². The smallest absolute Gasteiger partial charge is 0.303 e. The molecule has 1 atom stereocenters. The highest BCUT2D eigenvalue weighted by Crippen LogP contribution is 2.33. The highest BCUT2D eigenvalue weighted by atomic mass is 16.4. The Hall–Kier alpha value is -2.95. The minimum absolute atomic E-state index is 0.0532.